The van der Waals surface area contributed by atoms with Crippen molar-refractivity contribution in [2.45, 2.75) is 51.0 Å². The molecular weight excluding hydrogens is 390 g/mol. The maximum absolute atomic E-state index is 13.0. The fraction of sp³-hybridized carbons (Fsp3) is 0.619. The first-order valence-corrected chi connectivity index (χ1v) is 11.8. The third kappa shape index (κ3) is 4.80. The van der Waals surface area contributed by atoms with Crippen LogP contribution in [0.2, 0.25) is 0 Å². The predicted molar refractivity (Wildman–Crippen MR) is 111 cm³/mol. The van der Waals surface area contributed by atoms with Gasteiger partial charge in [-0.2, -0.15) is 4.31 Å². The van der Waals surface area contributed by atoms with E-state index in [1.54, 1.807) is 17.0 Å². The molecule has 1 heterocycles. The topological polar surface area (TPSA) is 86.8 Å². The Kier molecular flexibility index (Phi) is 6.63. The van der Waals surface area contributed by atoms with Crippen molar-refractivity contribution in [1.82, 2.24) is 14.5 Å². The first-order chi connectivity index (χ1) is 13.7. The minimum absolute atomic E-state index is 0.0491. The molecule has 1 aromatic carbocycles. The zero-order valence-corrected chi connectivity index (χ0v) is 18.2. The Morgan fingerprint density at radius 3 is 2.41 bits per heavy atom. The number of benzene rings is 1. The van der Waals surface area contributed by atoms with E-state index in [9.17, 15) is 18.0 Å². The number of sulfonamides is 1. The van der Waals surface area contributed by atoms with E-state index in [2.05, 4.69) is 19.2 Å². The van der Waals surface area contributed by atoms with Crippen LogP contribution in [0.1, 0.15) is 50.4 Å². The van der Waals surface area contributed by atoms with Crippen LogP contribution in [0.15, 0.2) is 29.2 Å². The van der Waals surface area contributed by atoms with Crippen molar-refractivity contribution in [2.75, 3.05) is 26.2 Å². The number of nitrogens with zero attached hydrogens (tertiary/aromatic N) is 2. The van der Waals surface area contributed by atoms with E-state index in [1.165, 1.54) is 29.8 Å². The molecule has 2 amide bonds. The van der Waals surface area contributed by atoms with E-state index < -0.39 is 10.0 Å². The van der Waals surface area contributed by atoms with Crippen LogP contribution in [-0.2, 0) is 14.8 Å². The second-order valence-corrected chi connectivity index (χ2v) is 10.2. The Morgan fingerprint density at radius 1 is 1.07 bits per heavy atom. The number of hydrogen-bond donors (Lipinski definition) is 1. The molecule has 0 radical (unpaired) electrons. The predicted octanol–water partition coefficient (Wildman–Crippen LogP) is 2.09. The Bertz CT molecular complexity index is 862. The minimum Gasteiger partial charge on any atom is -0.349 e. The standard InChI is InChI=1S/C21H31N3O4S/c1-15-6-4-9-20(16(15)2)22-21(26)18-7-5-8-19(14-18)29(27,28)24-12-10-23(11-13-24)17(3)25/h5,7-8,14-16,20H,4,6,9-13H2,1-3H3,(H,22,26)/t15-,16-,20-/m1/s1. The van der Waals surface area contributed by atoms with Crippen molar-refractivity contribution in [3.8, 4) is 0 Å². The van der Waals surface area contributed by atoms with Crippen molar-refractivity contribution < 1.29 is 18.0 Å². The maximum Gasteiger partial charge on any atom is 0.251 e. The third-order valence-electron chi connectivity index (χ3n) is 6.44. The van der Waals surface area contributed by atoms with Gasteiger partial charge < -0.3 is 10.2 Å². The van der Waals surface area contributed by atoms with Crippen molar-refractivity contribution in [3.05, 3.63) is 29.8 Å². The Hall–Kier alpha value is -1.93. The van der Waals surface area contributed by atoms with Crippen LogP contribution in [0.3, 0.4) is 0 Å². The first-order valence-electron chi connectivity index (χ1n) is 10.4. The molecule has 0 spiro atoms. The number of amides is 2. The van der Waals surface area contributed by atoms with Crippen LogP contribution >= 0.6 is 0 Å². The van der Waals surface area contributed by atoms with E-state index in [0.717, 1.165) is 12.8 Å². The lowest BCUT2D eigenvalue weighted by Gasteiger charge is -2.34. The molecule has 1 aliphatic heterocycles. The summed E-state index contributed by atoms with van der Waals surface area (Å²) in [7, 11) is -3.70. The van der Waals surface area contributed by atoms with E-state index in [0.29, 0.717) is 30.5 Å². The largest absolute Gasteiger partial charge is 0.349 e. The second kappa shape index (κ2) is 8.83. The Balaban J connectivity index is 1.71. The van der Waals surface area contributed by atoms with E-state index in [1.807, 2.05) is 0 Å². The number of nitrogens with one attached hydrogen (secondary N) is 1. The quantitative estimate of drug-likeness (QED) is 0.807. The summed E-state index contributed by atoms with van der Waals surface area (Å²) in [6, 6.07) is 6.36. The number of hydrogen-bond acceptors (Lipinski definition) is 4. The molecule has 2 fully saturated rings. The summed E-state index contributed by atoms with van der Waals surface area (Å²) in [6.07, 6.45) is 3.23. The zero-order chi connectivity index (χ0) is 21.2. The maximum atomic E-state index is 13.0. The fourth-order valence-electron chi connectivity index (χ4n) is 4.23. The molecule has 0 unspecified atom stereocenters. The molecule has 0 aromatic heterocycles. The van der Waals surface area contributed by atoms with Crippen LogP contribution in [0.5, 0.6) is 0 Å². The highest BCUT2D eigenvalue weighted by atomic mass is 32.2. The molecular formula is C21H31N3O4S. The highest BCUT2D eigenvalue weighted by Gasteiger charge is 2.31. The van der Waals surface area contributed by atoms with E-state index in [4.69, 9.17) is 0 Å². The molecule has 160 valence electrons. The molecule has 3 rings (SSSR count). The molecule has 0 bridgehead atoms. The normalized spacial score (nSPS) is 26.2. The molecule has 8 heteroatoms. The average molecular weight is 422 g/mol. The van der Waals surface area contributed by atoms with Gasteiger partial charge >= 0.3 is 0 Å². The smallest absolute Gasteiger partial charge is 0.251 e. The average Bonchev–Trinajstić information content (AvgIpc) is 2.71. The fourth-order valence-corrected chi connectivity index (χ4v) is 5.70. The summed E-state index contributed by atoms with van der Waals surface area (Å²) >= 11 is 0. The molecule has 3 atom stereocenters. The summed E-state index contributed by atoms with van der Waals surface area (Å²) in [5.41, 5.74) is 0.360. The van der Waals surface area contributed by atoms with Gasteiger partial charge in [0.1, 0.15) is 0 Å². The molecule has 1 aliphatic carbocycles. The monoisotopic (exact) mass is 421 g/mol. The molecule has 1 N–H and O–H groups in total. The Morgan fingerprint density at radius 2 is 1.76 bits per heavy atom. The van der Waals surface area contributed by atoms with Crippen LogP contribution in [0.4, 0.5) is 0 Å². The molecule has 1 saturated heterocycles. The van der Waals surface area contributed by atoms with E-state index >= 15 is 0 Å². The zero-order valence-electron chi connectivity index (χ0n) is 17.4. The summed E-state index contributed by atoms with van der Waals surface area (Å²) in [4.78, 5) is 26.0. The van der Waals surface area contributed by atoms with Crippen LogP contribution in [0, 0.1) is 11.8 Å². The number of rotatable bonds is 4. The molecule has 1 saturated carbocycles. The lowest BCUT2D eigenvalue weighted by Crippen LogP contribution is -2.49. The van der Waals surface area contributed by atoms with Gasteiger partial charge in [0.25, 0.3) is 5.91 Å². The summed E-state index contributed by atoms with van der Waals surface area (Å²) in [5, 5.41) is 3.10. The van der Waals surface area contributed by atoms with Gasteiger partial charge in [-0.3, -0.25) is 9.59 Å². The number of piperazine rings is 1. The molecule has 1 aromatic rings. The summed E-state index contributed by atoms with van der Waals surface area (Å²) in [6.45, 7) is 7.14. The lowest BCUT2D eigenvalue weighted by atomic mass is 9.78. The third-order valence-corrected chi connectivity index (χ3v) is 8.34. The van der Waals surface area contributed by atoms with Gasteiger partial charge in [0.2, 0.25) is 15.9 Å². The van der Waals surface area contributed by atoms with Crippen LogP contribution in [0.25, 0.3) is 0 Å². The molecule has 2 aliphatic rings. The van der Waals surface area contributed by atoms with Gasteiger partial charge in [-0.15, -0.1) is 0 Å². The van der Waals surface area contributed by atoms with E-state index in [-0.39, 0.29) is 35.8 Å². The molecule has 7 nitrogen and oxygen atoms in total. The lowest BCUT2D eigenvalue weighted by molar-refractivity contribution is -0.129. The number of carbonyl (C=O) groups excluding carboxylic acids is 2. The van der Waals surface area contributed by atoms with Gasteiger partial charge in [0.05, 0.1) is 4.90 Å². The van der Waals surface area contributed by atoms with Gasteiger partial charge in [0, 0.05) is 44.7 Å². The van der Waals surface area contributed by atoms with Gasteiger partial charge in [-0.1, -0.05) is 32.8 Å². The minimum atomic E-state index is -3.70. The second-order valence-electron chi connectivity index (χ2n) is 8.29. The highest BCUT2D eigenvalue weighted by molar-refractivity contribution is 7.89. The van der Waals surface area contributed by atoms with Crippen LogP contribution < -0.4 is 5.32 Å². The van der Waals surface area contributed by atoms with Crippen molar-refractivity contribution >= 4 is 21.8 Å². The Labute approximate surface area is 173 Å². The first kappa shape index (κ1) is 21.8. The van der Waals surface area contributed by atoms with Gasteiger partial charge in [-0.25, -0.2) is 8.42 Å². The van der Waals surface area contributed by atoms with Crippen molar-refractivity contribution in [2.24, 2.45) is 11.8 Å². The van der Waals surface area contributed by atoms with Gasteiger partial charge in [-0.05, 0) is 36.5 Å². The van der Waals surface area contributed by atoms with Gasteiger partial charge in [0.15, 0.2) is 0 Å². The summed E-state index contributed by atoms with van der Waals surface area (Å²) in [5.74, 6) is 0.688. The molecule has 29 heavy (non-hydrogen) atoms. The van der Waals surface area contributed by atoms with Crippen LogP contribution in [-0.4, -0.2) is 61.7 Å². The highest BCUT2D eigenvalue weighted by Crippen LogP contribution is 2.29. The summed E-state index contributed by atoms with van der Waals surface area (Å²) < 4.78 is 27.4. The van der Waals surface area contributed by atoms with Crippen molar-refractivity contribution in [1.29, 1.82) is 0 Å². The SMILES string of the molecule is CC(=O)N1CCN(S(=O)(=O)c2cccc(C(=O)N[C@@H]3CCC[C@@H](C)[C@H]3C)c2)CC1. The number of carbonyl (C=O) groups is 2. The van der Waals surface area contributed by atoms with Crippen molar-refractivity contribution in [3.63, 3.8) is 0 Å².